The van der Waals surface area contributed by atoms with E-state index in [0.29, 0.717) is 5.03 Å². The molecule has 1 aromatic carbocycles. The summed E-state index contributed by atoms with van der Waals surface area (Å²) >= 11 is 6.03. The van der Waals surface area contributed by atoms with Gasteiger partial charge in [0, 0.05) is 18.3 Å². The van der Waals surface area contributed by atoms with Crippen LogP contribution >= 0.6 is 11.6 Å². The zero-order valence-corrected chi connectivity index (χ0v) is 11.3. The van der Waals surface area contributed by atoms with Crippen molar-refractivity contribution in [2.75, 3.05) is 7.05 Å². The van der Waals surface area contributed by atoms with Gasteiger partial charge in [0.05, 0.1) is 10.7 Å². The molecule has 0 atom stereocenters. The van der Waals surface area contributed by atoms with Gasteiger partial charge in [0.15, 0.2) is 0 Å². The third-order valence-electron chi connectivity index (χ3n) is 3.15. The zero-order valence-electron chi connectivity index (χ0n) is 10.5. The number of allylic oxidation sites excluding steroid dienone is 3. The first kappa shape index (κ1) is 12.9. The third kappa shape index (κ3) is 2.21. The summed E-state index contributed by atoms with van der Waals surface area (Å²) < 4.78 is 13.3. The Balaban J connectivity index is 2.52. The highest BCUT2D eigenvalue weighted by molar-refractivity contribution is 6.32. The van der Waals surface area contributed by atoms with Crippen LogP contribution in [0.4, 0.5) is 4.39 Å². The van der Waals surface area contributed by atoms with Crippen molar-refractivity contribution in [1.82, 2.24) is 4.90 Å². The zero-order chi connectivity index (χ0) is 13.3. The maximum Gasteiger partial charge on any atom is 0.123 e. The van der Waals surface area contributed by atoms with E-state index in [2.05, 4.69) is 6.58 Å². The molecule has 1 aliphatic heterocycles. The highest BCUT2D eigenvalue weighted by Gasteiger charge is 2.18. The van der Waals surface area contributed by atoms with Gasteiger partial charge in [-0.15, -0.1) is 0 Å². The first-order valence-electron chi connectivity index (χ1n) is 5.84. The van der Waals surface area contributed by atoms with Crippen LogP contribution in [0, 0.1) is 5.82 Å². The molecular weight excluding hydrogens is 249 g/mol. The van der Waals surface area contributed by atoms with Crippen molar-refractivity contribution in [2.24, 2.45) is 0 Å². The lowest BCUT2D eigenvalue weighted by atomic mass is 9.99. The Bertz CT molecular complexity index is 558. The summed E-state index contributed by atoms with van der Waals surface area (Å²) in [5.74, 6) is -0.206. The Kier molecular flexibility index (Phi) is 3.58. The van der Waals surface area contributed by atoms with Crippen LogP contribution in [-0.2, 0) is 6.42 Å². The van der Waals surface area contributed by atoms with E-state index >= 15 is 0 Å². The summed E-state index contributed by atoms with van der Waals surface area (Å²) in [5.41, 5.74) is 3.73. The molecule has 0 saturated heterocycles. The van der Waals surface area contributed by atoms with Crippen molar-refractivity contribution >= 4 is 17.3 Å². The largest absolute Gasteiger partial charge is 0.343 e. The predicted octanol–water partition coefficient (Wildman–Crippen LogP) is 4.31. The van der Waals surface area contributed by atoms with Crippen molar-refractivity contribution in [3.8, 4) is 0 Å². The Morgan fingerprint density at radius 2 is 2.06 bits per heavy atom. The van der Waals surface area contributed by atoms with E-state index in [1.54, 1.807) is 12.1 Å². The maximum atomic E-state index is 13.3. The van der Waals surface area contributed by atoms with Gasteiger partial charge in [-0.05, 0) is 42.3 Å². The van der Waals surface area contributed by atoms with Gasteiger partial charge in [-0.1, -0.05) is 25.1 Å². The molecule has 3 heteroatoms. The number of hydrogen-bond donors (Lipinski definition) is 0. The van der Waals surface area contributed by atoms with Gasteiger partial charge in [0.25, 0.3) is 0 Å². The summed E-state index contributed by atoms with van der Waals surface area (Å²) in [7, 11) is 1.91. The lowest BCUT2D eigenvalue weighted by Crippen LogP contribution is -2.19. The molecule has 94 valence electrons. The monoisotopic (exact) mass is 263 g/mol. The normalized spacial score (nSPS) is 15.6. The Labute approximate surface area is 112 Å². The van der Waals surface area contributed by atoms with Crippen LogP contribution in [0.15, 0.2) is 47.7 Å². The van der Waals surface area contributed by atoms with E-state index < -0.39 is 0 Å². The van der Waals surface area contributed by atoms with Gasteiger partial charge in [-0.3, -0.25) is 0 Å². The summed E-state index contributed by atoms with van der Waals surface area (Å²) in [5, 5.41) is 0.626. The number of aryl methyl sites for hydroxylation is 1. The minimum atomic E-state index is -0.206. The molecule has 1 nitrogen and oxygen atoms in total. The molecule has 1 aromatic rings. The van der Waals surface area contributed by atoms with Crippen LogP contribution in [-0.4, -0.2) is 11.9 Å². The van der Waals surface area contributed by atoms with Crippen molar-refractivity contribution in [1.29, 1.82) is 0 Å². The first-order chi connectivity index (χ1) is 8.54. The molecule has 0 aromatic heterocycles. The van der Waals surface area contributed by atoms with E-state index in [1.165, 1.54) is 6.07 Å². The van der Waals surface area contributed by atoms with Crippen molar-refractivity contribution in [3.05, 3.63) is 64.6 Å². The van der Waals surface area contributed by atoms with Gasteiger partial charge in [0.2, 0.25) is 0 Å². The molecule has 0 spiro atoms. The number of rotatable bonds is 2. The Morgan fingerprint density at radius 1 is 1.33 bits per heavy atom. The van der Waals surface area contributed by atoms with Gasteiger partial charge >= 0.3 is 0 Å². The predicted molar refractivity (Wildman–Crippen MR) is 74.6 cm³/mol. The van der Waals surface area contributed by atoms with E-state index in [9.17, 15) is 4.39 Å². The van der Waals surface area contributed by atoms with Crippen molar-refractivity contribution < 1.29 is 4.39 Å². The molecule has 18 heavy (non-hydrogen) atoms. The van der Waals surface area contributed by atoms with Crippen LogP contribution in [0.25, 0.3) is 5.70 Å². The summed E-state index contributed by atoms with van der Waals surface area (Å²) in [4.78, 5) is 1.93. The highest BCUT2D eigenvalue weighted by atomic mass is 35.5. The second-order valence-corrected chi connectivity index (χ2v) is 4.63. The van der Waals surface area contributed by atoms with Crippen LogP contribution in [0.5, 0.6) is 0 Å². The van der Waals surface area contributed by atoms with E-state index in [1.807, 2.05) is 31.0 Å². The van der Waals surface area contributed by atoms with Crippen molar-refractivity contribution in [2.45, 2.75) is 13.3 Å². The molecule has 2 rings (SSSR count). The SMILES string of the molecule is C=C1C(Cl)=CC=C(c2ccc(F)cc2CC)N1C. The lowest BCUT2D eigenvalue weighted by molar-refractivity contribution is 0.606. The molecule has 0 amide bonds. The van der Waals surface area contributed by atoms with Crippen LogP contribution in [0.1, 0.15) is 18.1 Å². The average molecular weight is 264 g/mol. The maximum absolute atomic E-state index is 13.3. The topological polar surface area (TPSA) is 3.24 Å². The minimum absolute atomic E-state index is 0.206. The standard InChI is InChI=1S/C15H15ClFN/c1-4-11-9-12(17)5-6-13(11)15-8-7-14(16)10(2)18(15)3/h5-9H,2,4H2,1,3H3. The van der Waals surface area contributed by atoms with Gasteiger partial charge in [-0.25, -0.2) is 4.39 Å². The van der Waals surface area contributed by atoms with Crippen LogP contribution < -0.4 is 0 Å². The van der Waals surface area contributed by atoms with Crippen LogP contribution in [0.2, 0.25) is 0 Å². The fraction of sp³-hybridized carbons (Fsp3) is 0.200. The third-order valence-corrected chi connectivity index (χ3v) is 3.50. The number of halogens is 2. The summed E-state index contributed by atoms with van der Waals surface area (Å²) in [6.07, 6.45) is 4.54. The molecule has 0 saturated carbocycles. The van der Waals surface area contributed by atoms with Crippen LogP contribution in [0.3, 0.4) is 0 Å². The molecule has 0 unspecified atom stereocenters. The molecule has 0 N–H and O–H groups in total. The minimum Gasteiger partial charge on any atom is -0.343 e. The van der Waals surface area contributed by atoms with Crippen molar-refractivity contribution in [3.63, 3.8) is 0 Å². The number of hydrogen-bond acceptors (Lipinski definition) is 1. The number of likely N-dealkylation sites (N-methyl/N-ethyl adjacent to an activating group) is 1. The Morgan fingerprint density at radius 3 is 2.72 bits per heavy atom. The average Bonchev–Trinajstić information content (AvgIpc) is 2.37. The molecular formula is C15H15ClFN. The fourth-order valence-electron chi connectivity index (χ4n) is 2.04. The van der Waals surface area contributed by atoms with Gasteiger partial charge < -0.3 is 4.90 Å². The highest BCUT2D eigenvalue weighted by Crippen LogP contribution is 2.32. The quantitative estimate of drug-likeness (QED) is 0.768. The van der Waals surface area contributed by atoms with E-state index in [4.69, 9.17) is 11.6 Å². The van der Waals surface area contributed by atoms with E-state index in [0.717, 1.165) is 28.9 Å². The number of benzene rings is 1. The lowest BCUT2D eigenvalue weighted by Gasteiger charge is -2.28. The molecule has 1 aliphatic rings. The second kappa shape index (κ2) is 4.99. The molecule has 0 bridgehead atoms. The second-order valence-electron chi connectivity index (χ2n) is 4.23. The summed E-state index contributed by atoms with van der Waals surface area (Å²) in [6, 6.07) is 4.86. The number of nitrogens with zero attached hydrogens (tertiary/aromatic N) is 1. The Hall–Kier alpha value is -1.54. The molecule has 0 fully saturated rings. The summed E-state index contributed by atoms with van der Waals surface area (Å²) in [6.45, 7) is 5.95. The molecule has 0 radical (unpaired) electrons. The first-order valence-corrected chi connectivity index (χ1v) is 6.21. The van der Waals surface area contributed by atoms with E-state index in [-0.39, 0.29) is 5.82 Å². The smallest absolute Gasteiger partial charge is 0.123 e. The van der Waals surface area contributed by atoms with Gasteiger partial charge in [-0.2, -0.15) is 0 Å². The molecule has 1 heterocycles. The molecule has 0 aliphatic carbocycles. The van der Waals surface area contributed by atoms with Gasteiger partial charge in [0.1, 0.15) is 5.82 Å². The fourth-order valence-corrected chi connectivity index (χ4v) is 2.23.